The van der Waals surface area contributed by atoms with Crippen LogP contribution in [0.25, 0.3) is 11.0 Å². The fourth-order valence-electron chi connectivity index (χ4n) is 5.12. The Kier molecular flexibility index (Phi) is 5.65. The van der Waals surface area contributed by atoms with Crippen LogP contribution >= 0.6 is 11.8 Å². The molecule has 1 aromatic heterocycles. The van der Waals surface area contributed by atoms with Crippen LogP contribution in [0, 0.1) is 17.8 Å². The van der Waals surface area contributed by atoms with Gasteiger partial charge in [0, 0.05) is 12.6 Å². The van der Waals surface area contributed by atoms with Crippen molar-refractivity contribution >= 4 is 38.7 Å². The van der Waals surface area contributed by atoms with E-state index in [4.69, 9.17) is 5.14 Å². The molecule has 2 saturated carbocycles. The molecule has 2 aliphatic carbocycles. The monoisotopic (exact) mass is 436 g/mol. The first-order valence-electron chi connectivity index (χ1n) is 10.2. The summed E-state index contributed by atoms with van der Waals surface area (Å²) in [5.41, 5.74) is 1.40. The molecule has 7 nitrogen and oxygen atoms in total. The smallest absolute Gasteiger partial charge is 0.238 e. The van der Waals surface area contributed by atoms with E-state index in [0.717, 1.165) is 17.4 Å². The molecule has 29 heavy (non-hydrogen) atoms. The van der Waals surface area contributed by atoms with Gasteiger partial charge in [0.2, 0.25) is 15.9 Å². The van der Waals surface area contributed by atoms with Crippen molar-refractivity contribution in [2.75, 3.05) is 5.75 Å². The van der Waals surface area contributed by atoms with Crippen molar-refractivity contribution in [1.29, 1.82) is 0 Å². The minimum absolute atomic E-state index is 0.0187. The molecule has 0 saturated heterocycles. The molecule has 1 amide bonds. The van der Waals surface area contributed by atoms with E-state index in [0.29, 0.717) is 23.1 Å². The second-order valence-corrected chi connectivity index (χ2v) is 10.8. The van der Waals surface area contributed by atoms with E-state index in [1.165, 1.54) is 49.6 Å². The van der Waals surface area contributed by atoms with Gasteiger partial charge in [0.1, 0.15) is 0 Å². The van der Waals surface area contributed by atoms with Gasteiger partial charge < -0.3 is 9.88 Å². The zero-order valence-electron chi connectivity index (χ0n) is 16.8. The Bertz CT molecular complexity index is 1030. The van der Waals surface area contributed by atoms with Crippen molar-refractivity contribution < 1.29 is 13.2 Å². The minimum atomic E-state index is -3.78. The molecule has 4 rings (SSSR count). The Morgan fingerprint density at radius 2 is 2.17 bits per heavy atom. The number of hydrogen-bond donors (Lipinski definition) is 2. The molecule has 2 aliphatic rings. The van der Waals surface area contributed by atoms with Crippen LogP contribution in [-0.2, 0) is 21.4 Å². The van der Waals surface area contributed by atoms with Crippen molar-refractivity contribution in [1.82, 2.24) is 14.9 Å². The number of aryl methyl sites for hydroxylation is 1. The van der Waals surface area contributed by atoms with Crippen LogP contribution in [0.5, 0.6) is 0 Å². The van der Waals surface area contributed by atoms with E-state index in [1.807, 2.05) is 11.5 Å². The van der Waals surface area contributed by atoms with E-state index in [-0.39, 0.29) is 22.6 Å². The number of fused-ring (bicyclic) bond motifs is 3. The first-order valence-corrected chi connectivity index (χ1v) is 12.7. The number of sulfonamides is 1. The number of imidazole rings is 1. The van der Waals surface area contributed by atoms with Crippen molar-refractivity contribution in [2.45, 2.75) is 62.2 Å². The Labute approximate surface area is 175 Å². The number of nitrogens with two attached hydrogens (primary N) is 1. The summed E-state index contributed by atoms with van der Waals surface area (Å²) in [4.78, 5) is 17.1. The second kappa shape index (κ2) is 7.92. The molecule has 2 fully saturated rings. The topological polar surface area (TPSA) is 107 Å². The van der Waals surface area contributed by atoms with E-state index in [9.17, 15) is 13.2 Å². The number of aromatic nitrogens is 2. The number of hydrogen-bond acceptors (Lipinski definition) is 5. The normalized spacial score (nSPS) is 24.9. The molecule has 0 unspecified atom stereocenters. The van der Waals surface area contributed by atoms with Crippen LogP contribution in [0.3, 0.4) is 0 Å². The zero-order chi connectivity index (χ0) is 20.8. The molecule has 4 atom stereocenters. The fraction of sp³-hybridized carbons (Fsp3) is 0.600. The van der Waals surface area contributed by atoms with Gasteiger partial charge in [-0.2, -0.15) is 0 Å². The lowest BCUT2D eigenvalue weighted by molar-refractivity contribution is -0.119. The number of thioether (sulfide) groups is 1. The first kappa shape index (κ1) is 20.7. The van der Waals surface area contributed by atoms with Crippen LogP contribution in [0.1, 0.15) is 39.5 Å². The highest BCUT2D eigenvalue weighted by atomic mass is 32.2. The summed E-state index contributed by atoms with van der Waals surface area (Å²) in [5.74, 6) is 2.56. The first-order chi connectivity index (χ1) is 13.8. The van der Waals surface area contributed by atoms with Crippen molar-refractivity contribution in [3.05, 3.63) is 18.2 Å². The summed E-state index contributed by atoms with van der Waals surface area (Å²) in [6, 6.07) is 4.90. The zero-order valence-corrected chi connectivity index (χ0v) is 18.4. The van der Waals surface area contributed by atoms with Crippen molar-refractivity contribution in [3.8, 4) is 0 Å². The molecule has 9 heteroatoms. The maximum Gasteiger partial charge on any atom is 0.238 e. The summed E-state index contributed by atoms with van der Waals surface area (Å²) in [5, 5.41) is 9.11. The van der Waals surface area contributed by atoms with Gasteiger partial charge in [0.25, 0.3) is 0 Å². The molecule has 0 radical (unpaired) electrons. The fourth-order valence-corrected chi connectivity index (χ4v) is 6.54. The van der Waals surface area contributed by atoms with Gasteiger partial charge in [0.15, 0.2) is 5.16 Å². The number of benzene rings is 1. The number of nitrogens with one attached hydrogen (secondary N) is 1. The average Bonchev–Trinajstić information content (AvgIpc) is 3.38. The van der Waals surface area contributed by atoms with Crippen LogP contribution < -0.4 is 10.5 Å². The Morgan fingerprint density at radius 3 is 2.79 bits per heavy atom. The quantitative estimate of drug-likeness (QED) is 0.649. The highest BCUT2D eigenvalue weighted by Crippen LogP contribution is 2.49. The molecule has 2 aromatic rings. The predicted octanol–water partition coefficient (Wildman–Crippen LogP) is 2.74. The second-order valence-electron chi connectivity index (χ2n) is 8.32. The third-order valence-electron chi connectivity index (χ3n) is 6.49. The van der Waals surface area contributed by atoms with Crippen LogP contribution in [0.4, 0.5) is 0 Å². The van der Waals surface area contributed by atoms with Gasteiger partial charge in [-0.25, -0.2) is 18.5 Å². The lowest BCUT2D eigenvalue weighted by Crippen LogP contribution is -2.40. The SMILES string of the molecule is CCn1c(SCC(=O)N[C@H](C)[C@H]2C[C@H]3CC[C@H]2C3)nc2cc(S(N)(=O)=O)ccc21. The molecule has 0 spiro atoms. The number of primary sulfonamides is 1. The summed E-state index contributed by atoms with van der Waals surface area (Å²) in [7, 11) is -3.78. The lowest BCUT2D eigenvalue weighted by Gasteiger charge is -2.28. The van der Waals surface area contributed by atoms with Crippen molar-refractivity contribution in [2.24, 2.45) is 22.9 Å². The molecular weight excluding hydrogens is 408 g/mol. The maximum atomic E-state index is 12.5. The molecule has 1 heterocycles. The molecule has 0 aliphatic heterocycles. The Balaban J connectivity index is 1.42. The molecule has 2 bridgehead atoms. The minimum Gasteiger partial charge on any atom is -0.353 e. The summed E-state index contributed by atoms with van der Waals surface area (Å²) in [6.45, 7) is 4.80. The maximum absolute atomic E-state index is 12.5. The standard InChI is InChI=1S/C20H28N4O3S2/c1-3-24-18-7-6-15(29(21,26)27)10-17(18)23-20(24)28-11-19(25)22-12(2)16-9-13-4-5-14(16)8-13/h6-7,10,12-14,16H,3-5,8-9,11H2,1-2H3,(H,22,25)(H2,21,26,27)/t12-,13+,14+,16-/m1/s1. The molecule has 3 N–H and O–H groups in total. The Morgan fingerprint density at radius 1 is 1.38 bits per heavy atom. The average molecular weight is 437 g/mol. The van der Waals surface area contributed by atoms with Crippen LogP contribution in [0.15, 0.2) is 28.3 Å². The Hall–Kier alpha value is -1.58. The highest BCUT2D eigenvalue weighted by Gasteiger charge is 2.42. The van der Waals surface area contributed by atoms with Crippen LogP contribution in [0.2, 0.25) is 0 Å². The number of carbonyl (C=O) groups is 1. The van der Waals surface area contributed by atoms with Gasteiger partial charge >= 0.3 is 0 Å². The van der Waals surface area contributed by atoms with Gasteiger partial charge in [0.05, 0.1) is 21.7 Å². The summed E-state index contributed by atoms with van der Waals surface area (Å²) in [6.07, 6.45) is 5.25. The van der Waals surface area contributed by atoms with Gasteiger partial charge in [-0.15, -0.1) is 0 Å². The number of amides is 1. The third kappa shape index (κ3) is 4.18. The largest absolute Gasteiger partial charge is 0.353 e. The molecular formula is C20H28N4O3S2. The molecule has 1 aromatic carbocycles. The third-order valence-corrected chi connectivity index (χ3v) is 8.37. The summed E-state index contributed by atoms with van der Waals surface area (Å²) < 4.78 is 25.2. The lowest BCUT2D eigenvalue weighted by atomic mass is 9.84. The number of rotatable bonds is 7. The van der Waals surface area contributed by atoms with E-state index in [1.54, 1.807) is 6.07 Å². The van der Waals surface area contributed by atoms with Gasteiger partial charge in [-0.1, -0.05) is 18.2 Å². The van der Waals surface area contributed by atoms with Crippen molar-refractivity contribution in [3.63, 3.8) is 0 Å². The number of carbonyl (C=O) groups excluding carboxylic acids is 1. The predicted molar refractivity (Wildman–Crippen MR) is 114 cm³/mol. The van der Waals surface area contributed by atoms with E-state index in [2.05, 4.69) is 17.2 Å². The van der Waals surface area contributed by atoms with E-state index < -0.39 is 10.0 Å². The summed E-state index contributed by atoms with van der Waals surface area (Å²) >= 11 is 1.38. The van der Waals surface area contributed by atoms with Gasteiger partial charge in [-0.3, -0.25) is 4.79 Å². The van der Waals surface area contributed by atoms with Crippen LogP contribution in [-0.4, -0.2) is 35.7 Å². The molecule has 158 valence electrons. The highest BCUT2D eigenvalue weighted by molar-refractivity contribution is 7.99. The van der Waals surface area contributed by atoms with Gasteiger partial charge in [-0.05, 0) is 69.1 Å². The van der Waals surface area contributed by atoms with E-state index >= 15 is 0 Å². The number of nitrogens with zero attached hydrogens (tertiary/aromatic N) is 2.